The van der Waals surface area contributed by atoms with E-state index in [-0.39, 0.29) is 6.61 Å². The van der Waals surface area contributed by atoms with E-state index in [1.807, 2.05) is 24.9 Å². The van der Waals surface area contributed by atoms with E-state index in [4.69, 9.17) is 15.9 Å². The summed E-state index contributed by atoms with van der Waals surface area (Å²) in [5, 5.41) is 20.5. The van der Waals surface area contributed by atoms with Crippen LogP contribution in [0.2, 0.25) is 0 Å². The Bertz CT molecular complexity index is 816. The van der Waals surface area contributed by atoms with Crippen molar-refractivity contribution in [2.75, 3.05) is 33.3 Å². The maximum atomic E-state index is 13.7. The SMILES string of the molecule is CC1=C(OCC(C)(F)P)N(C)CC(CN/C=C(/CC(O)=C2CCC2)C(=N)/C=C\CN)=C1. The van der Waals surface area contributed by atoms with Crippen LogP contribution in [0, 0.1) is 5.41 Å². The number of nitrogens with one attached hydrogen (secondary N) is 2. The third-order valence-corrected chi connectivity index (χ3v) is 5.30. The Morgan fingerprint density at radius 2 is 2.19 bits per heavy atom. The van der Waals surface area contributed by atoms with Crippen molar-refractivity contribution in [2.45, 2.75) is 44.9 Å². The molecule has 1 aliphatic heterocycles. The third kappa shape index (κ3) is 8.15. The summed E-state index contributed by atoms with van der Waals surface area (Å²) in [5.41, 5.74) is 9.72. The second kappa shape index (κ2) is 11.5. The van der Waals surface area contributed by atoms with E-state index < -0.39 is 5.41 Å². The average molecular weight is 451 g/mol. The maximum Gasteiger partial charge on any atom is 0.192 e. The lowest BCUT2D eigenvalue weighted by molar-refractivity contribution is 0.0744. The standard InChI is InChI=1S/C23H36FN4O2P/c1-16-10-17(14-28(3)22(16)30-15-23(2,24)31)12-27-13-19(20(26)8-5-9-25)11-21(29)18-6-4-7-18/h5,8,10,13,26-27,29H,4,6-7,9,11-12,14-15,25,31H2,1-3H3/b8-5-,19-13-,26-20?. The quantitative estimate of drug-likeness (QED) is 0.216. The predicted molar refractivity (Wildman–Crippen MR) is 129 cm³/mol. The van der Waals surface area contributed by atoms with E-state index in [1.165, 1.54) is 6.92 Å². The van der Waals surface area contributed by atoms with Gasteiger partial charge in [-0.25, -0.2) is 4.39 Å². The molecule has 0 spiro atoms. The summed E-state index contributed by atoms with van der Waals surface area (Å²) in [6.07, 6.45) is 10.6. The fourth-order valence-electron chi connectivity index (χ4n) is 3.40. The van der Waals surface area contributed by atoms with Gasteiger partial charge in [0.25, 0.3) is 0 Å². The van der Waals surface area contributed by atoms with Gasteiger partial charge in [0.05, 0.1) is 11.5 Å². The summed E-state index contributed by atoms with van der Waals surface area (Å²) < 4.78 is 19.4. The van der Waals surface area contributed by atoms with Crippen LogP contribution in [-0.2, 0) is 4.74 Å². The molecule has 0 aromatic carbocycles. The van der Waals surface area contributed by atoms with Crippen LogP contribution < -0.4 is 11.1 Å². The van der Waals surface area contributed by atoms with Crippen LogP contribution in [0.5, 0.6) is 0 Å². The fourth-order valence-corrected chi connectivity index (χ4v) is 3.48. The summed E-state index contributed by atoms with van der Waals surface area (Å²) >= 11 is 0. The predicted octanol–water partition coefficient (Wildman–Crippen LogP) is 4.06. The zero-order chi connectivity index (χ0) is 23.0. The molecule has 0 amide bonds. The second-order valence-electron chi connectivity index (χ2n) is 8.40. The first-order valence-electron chi connectivity index (χ1n) is 10.6. The summed E-state index contributed by atoms with van der Waals surface area (Å²) in [7, 11) is 4.06. The van der Waals surface area contributed by atoms with Crippen LogP contribution in [0.4, 0.5) is 4.39 Å². The van der Waals surface area contributed by atoms with E-state index in [1.54, 1.807) is 18.4 Å². The summed E-state index contributed by atoms with van der Waals surface area (Å²) in [4.78, 5) is 1.96. The topological polar surface area (TPSA) is 94.6 Å². The van der Waals surface area contributed by atoms with Crippen LogP contribution in [0.15, 0.2) is 58.4 Å². The number of hydrogen-bond donors (Lipinski definition) is 4. The highest BCUT2D eigenvalue weighted by atomic mass is 31.0. The molecule has 5 N–H and O–H groups in total. The van der Waals surface area contributed by atoms with Crippen molar-refractivity contribution in [2.24, 2.45) is 5.73 Å². The molecule has 1 saturated carbocycles. The zero-order valence-corrected chi connectivity index (χ0v) is 20.0. The third-order valence-electron chi connectivity index (χ3n) is 5.13. The van der Waals surface area contributed by atoms with Crippen molar-refractivity contribution in [1.82, 2.24) is 10.2 Å². The number of aliphatic hydroxyl groups excluding tert-OH is 1. The number of likely N-dealkylation sites (N-methyl/N-ethyl adjacent to an activating group) is 1. The van der Waals surface area contributed by atoms with E-state index in [2.05, 4.69) is 14.6 Å². The van der Waals surface area contributed by atoms with Gasteiger partial charge in [0, 0.05) is 50.4 Å². The Labute approximate surface area is 187 Å². The number of nitrogens with zero attached hydrogens (tertiary/aromatic N) is 1. The zero-order valence-electron chi connectivity index (χ0n) is 18.8. The van der Waals surface area contributed by atoms with Crippen molar-refractivity contribution in [1.29, 1.82) is 5.41 Å². The first kappa shape index (κ1) is 25.2. The average Bonchev–Trinajstić information content (AvgIpc) is 2.62. The minimum absolute atomic E-state index is 0.0281. The van der Waals surface area contributed by atoms with Crippen LogP contribution in [0.1, 0.15) is 39.5 Å². The number of alkyl halides is 1. The lowest BCUT2D eigenvalue weighted by Crippen LogP contribution is -2.31. The van der Waals surface area contributed by atoms with Gasteiger partial charge in [0.15, 0.2) is 11.3 Å². The Kier molecular flexibility index (Phi) is 9.32. The van der Waals surface area contributed by atoms with E-state index in [9.17, 15) is 9.50 Å². The van der Waals surface area contributed by atoms with Crippen LogP contribution in [-0.4, -0.2) is 54.4 Å². The number of aliphatic hydroxyl groups is 1. The maximum absolute atomic E-state index is 13.7. The number of rotatable bonds is 11. The molecule has 2 aliphatic rings. The highest BCUT2D eigenvalue weighted by molar-refractivity contribution is 7.18. The fraction of sp³-hybridized carbons (Fsp3) is 0.522. The molecule has 172 valence electrons. The molecule has 0 aromatic rings. The minimum Gasteiger partial charge on any atom is -0.512 e. The van der Waals surface area contributed by atoms with Gasteiger partial charge in [-0.2, -0.15) is 0 Å². The highest BCUT2D eigenvalue weighted by Crippen LogP contribution is 2.30. The molecule has 0 radical (unpaired) electrons. The van der Waals surface area contributed by atoms with E-state index >= 15 is 0 Å². The molecule has 1 heterocycles. The Balaban J connectivity index is 2.06. The summed E-state index contributed by atoms with van der Waals surface area (Å²) in [6.45, 7) is 4.99. The molecule has 2 rings (SSSR count). The van der Waals surface area contributed by atoms with Gasteiger partial charge >= 0.3 is 0 Å². The molecule has 2 atom stereocenters. The molecule has 1 fully saturated rings. The van der Waals surface area contributed by atoms with E-state index in [0.29, 0.717) is 49.0 Å². The van der Waals surface area contributed by atoms with Crippen LogP contribution in [0.3, 0.4) is 0 Å². The van der Waals surface area contributed by atoms with E-state index in [0.717, 1.165) is 36.0 Å². The van der Waals surface area contributed by atoms with Gasteiger partial charge in [-0.15, -0.1) is 0 Å². The molecule has 0 saturated heterocycles. The first-order valence-corrected chi connectivity index (χ1v) is 11.2. The number of hydrogen-bond acceptors (Lipinski definition) is 6. The first-order chi connectivity index (χ1) is 14.6. The number of allylic oxidation sites excluding steroid dienone is 5. The van der Waals surface area contributed by atoms with Gasteiger partial charge in [0.2, 0.25) is 0 Å². The monoisotopic (exact) mass is 450 g/mol. The normalized spacial score (nSPS) is 19.2. The lowest BCUT2D eigenvalue weighted by atomic mass is 9.89. The van der Waals surface area contributed by atoms with Gasteiger partial charge in [-0.3, -0.25) is 0 Å². The molecule has 1 aliphatic carbocycles. The smallest absolute Gasteiger partial charge is 0.192 e. The van der Waals surface area contributed by atoms with Gasteiger partial charge < -0.3 is 31.2 Å². The lowest BCUT2D eigenvalue weighted by Gasteiger charge is -2.30. The molecular weight excluding hydrogens is 414 g/mol. The molecule has 0 bridgehead atoms. The number of ether oxygens (including phenoxy) is 1. The number of nitrogens with two attached hydrogens (primary N) is 1. The molecular formula is C23H36FN4O2P. The summed E-state index contributed by atoms with van der Waals surface area (Å²) in [5.74, 6) is 1.05. The molecule has 8 heteroatoms. The summed E-state index contributed by atoms with van der Waals surface area (Å²) in [6, 6.07) is 0. The molecule has 0 aromatic heterocycles. The van der Waals surface area contributed by atoms with Gasteiger partial charge in [-0.05, 0) is 50.3 Å². The largest absolute Gasteiger partial charge is 0.512 e. The Morgan fingerprint density at radius 1 is 1.48 bits per heavy atom. The van der Waals surface area contributed by atoms with Gasteiger partial charge in [-0.1, -0.05) is 21.4 Å². The highest BCUT2D eigenvalue weighted by Gasteiger charge is 2.22. The van der Waals surface area contributed by atoms with Crippen LogP contribution >= 0.6 is 9.24 Å². The Hall–Kier alpha value is -2.11. The second-order valence-corrected chi connectivity index (χ2v) is 9.60. The van der Waals surface area contributed by atoms with Crippen molar-refractivity contribution in [3.05, 3.63) is 58.4 Å². The van der Waals surface area contributed by atoms with Crippen molar-refractivity contribution in [3.8, 4) is 0 Å². The van der Waals surface area contributed by atoms with Crippen molar-refractivity contribution in [3.63, 3.8) is 0 Å². The molecule has 31 heavy (non-hydrogen) atoms. The Morgan fingerprint density at radius 3 is 2.74 bits per heavy atom. The van der Waals surface area contributed by atoms with Crippen molar-refractivity contribution < 1.29 is 14.2 Å². The number of halogens is 1. The molecule has 6 nitrogen and oxygen atoms in total. The van der Waals surface area contributed by atoms with Crippen molar-refractivity contribution >= 4 is 15.0 Å². The van der Waals surface area contributed by atoms with Crippen LogP contribution in [0.25, 0.3) is 0 Å². The van der Waals surface area contributed by atoms with Gasteiger partial charge in [0.1, 0.15) is 6.61 Å². The minimum atomic E-state index is -1.47. The molecule has 2 unspecified atom stereocenters.